The summed E-state index contributed by atoms with van der Waals surface area (Å²) in [7, 11) is 0. The van der Waals surface area contributed by atoms with Crippen molar-refractivity contribution in [1.82, 2.24) is 4.90 Å². The summed E-state index contributed by atoms with van der Waals surface area (Å²) in [4.78, 5) is 25.9. The number of carboxylic acids is 1. The number of carbonyl (C=O) groups is 2. The van der Waals surface area contributed by atoms with Gasteiger partial charge in [-0.05, 0) is 93.1 Å². The van der Waals surface area contributed by atoms with Crippen LogP contribution in [0.1, 0.15) is 86.0 Å². The normalized spacial score (nSPS) is 35.0. The van der Waals surface area contributed by atoms with E-state index >= 15 is 4.39 Å². The molecule has 4 bridgehead atoms. The van der Waals surface area contributed by atoms with Crippen molar-refractivity contribution in [1.29, 1.82) is 0 Å². The first kappa shape index (κ1) is 20.5. The second kappa shape index (κ2) is 7.46. The summed E-state index contributed by atoms with van der Waals surface area (Å²) >= 11 is 0. The van der Waals surface area contributed by atoms with Gasteiger partial charge < -0.3 is 14.7 Å². The highest BCUT2D eigenvalue weighted by Gasteiger charge is 2.56. The van der Waals surface area contributed by atoms with Gasteiger partial charge in [0.2, 0.25) is 0 Å². The van der Waals surface area contributed by atoms with Crippen LogP contribution in [-0.2, 0) is 4.79 Å². The van der Waals surface area contributed by atoms with Crippen molar-refractivity contribution in [2.45, 2.75) is 76.2 Å². The fourth-order valence-corrected chi connectivity index (χ4v) is 7.63. The van der Waals surface area contributed by atoms with E-state index < -0.39 is 11.8 Å². The lowest BCUT2D eigenvalue weighted by molar-refractivity contribution is -0.137. The number of amides is 1. The quantitative estimate of drug-likeness (QED) is 0.648. The second-order valence-corrected chi connectivity index (χ2v) is 11.3. The van der Waals surface area contributed by atoms with Crippen LogP contribution in [0.3, 0.4) is 0 Å². The minimum Gasteiger partial charge on any atom is -0.493 e. The second-order valence-electron chi connectivity index (χ2n) is 11.3. The maximum absolute atomic E-state index is 15.2. The Morgan fingerprint density at radius 1 is 1.12 bits per heavy atom. The van der Waals surface area contributed by atoms with E-state index in [1.54, 1.807) is 11.0 Å². The van der Waals surface area contributed by atoms with Crippen molar-refractivity contribution in [3.05, 3.63) is 29.1 Å². The number of halogens is 1. The Morgan fingerprint density at radius 3 is 2.53 bits per heavy atom. The van der Waals surface area contributed by atoms with Crippen molar-refractivity contribution in [2.75, 3.05) is 13.2 Å². The molecule has 1 amide bonds. The van der Waals surface area contributed by atoms with E-state index in [9.17, 15) is 9.59 Å². The highest BCUT2D eigenvalue weighted by Crippen LogP contribution is 2.64. The molecule has 1 N–H and O–H groups in total. The molecule has 3 atom stereocenters. The van der Waals surface area contributed by atoms with Crippen molar-refractivity contribution < 1.29 is 23.8 Å². The number of aliphatic carboxylic acids is 1. The molecule has 7 rings (SSSR count). The molecule has 6 fully saturated rings. The number of ether oxygens (including phenoxy) is 1. The number of rotatable bonds is 7. The van der Waals surface area contributed by atoms with Crippen LogP contribution in [0.2, 0.25) is 0 Å². The Labute approximate surface area is 188 Å². The Morgan fingerprint density at radius 2 is 1.88 bits per heavy atom. The molecule has 5 saturated carbocycles. The van der Waals surface area contributed by atoms with Crippen molar-refractivity contribution in [3.63, 3.8) is 0 Å². The van der Waals surface area contributed by atoms with Gasteiger partial charge in [0, 0.05) is 24.1 Å². The summed E-state index contributed by atoms with van der Waals surface area (Å²) in [6.07, 6.45) is 9.95. The minimum atomic E-state index is -0.925. The fourth-order valence-electron chi connectivity index (χ4n) is 7.63. The molecule has 6 aliphatic rings. The van der Waals surface area contributed by atoms with E-state index in [2.05, 4.69) is 0 Å². The van der Waals surface area contributed by atoms with E-state index in [1.165, 1.54) is 38.2 Å². The molecule has 1 saturated heterocycles. The van der Waals surface area contributed by atoms with Crippen LogP contribution in [-0.4, -0.2) is 41.1 Å². The van der Waals surface area contributed by atoms with E-state index in [1.807, 2.05) is 0 Å². The van der Waals surface area contributed by atoms with Gasteiger partial charge >= 0.3 is 5.97 Å². The zero-order valence-corrected chi connectivity index (χ0v) is 18.5. The molecule has 6 heteroatoms. The first-order valence-electron chi connectivity index (χ1n) is 12.4. The molecule has 1 heterocycles. The largest absolute Gasteiger partial charge is 0.493 e. The number of nitrogens with zero attached hydrogens (tertiary/aromatic N) is 1. The van der Waals surface area contributed by atoms with Crippen LogP contribution < -0.4 is 4.74 Å². The van der Waals surface area contributed by atoms with Crippen LogP contribution in [0.5, 0.6) is 5.75 Å². The number of likely N-dealkylation sites (tertiary alicyclic amines) is 1. The molecule has 1 aromatic rings. The monoisotopic (exact) mass is 441 g/mol. The van der Waals surface area contributed by atoms with E-state index in [0.29, 0.717) is 31.2 Å². The SMILES string of the molecule is O=C(O)C[C@@H]1CCCN1C(=O)c1cc(C2CC2)c(OCC23CC4CC(C2)C(C4)C3)cc1F. The number of hydrogen-bond donors (Lipinski definition) is 1. The smallest absolute Gasteiger partial charge is 0.305 e. The standard InChI is InChI=1S/C26H32FNO4/c27-22-10-23(32-14-26-11-15-6-17(12-26)18(7-15)13-26)20(16-3-4-16)9-21(22)25(31)28-5-1-2-19(28)8-24(29)30/h9-10,15-19H,1-8,11-14H2,(H,29,30)/t15?,17?,18?,19-,26?/m0/s1. The maximum atomic E-state index is 15.2. The zero-order valence-electron chi connectivity index (χ0n) is 18.5. The molecule has 0 spiro atoms. The highest BCUT2D eigenvalue weighted by atomic mass is 19.1. The molecule has 1 aromatic carbocycles. The lowest BCUT2D eigenvalue weighted by atomic mass is 9.70. The average molecular weight is 442 g/mol. The van der Waals surface area contributed by atoms with Gasteiger partial charge in [-0.1, -0.05) is 0 Å². The lowest BCUT2D eigenvalue weighted by Crippen LogP contribution is -2.37. The first-order chi connectivity index (χ1) is 15.4. The molecule has 5 nitrogen and oxygen atoms in total. The molecule has 5 aliphatic carbocycles. The van der Waals surface area contributed by atoms with Gasteiger partial charge in [0.1, 0.15) is 11.6 Å². The van der Waals surface area contributed by atoms with Gasteiger partial charge in [-0.15, -0.1) is 0 Å². The van der Waals surface area contributed by atoms with E-state index in [0.717, 1.165) is 42.6 Å². The van der Waals surface area contributed by atoms with Crippen molar-refractivity contribution >= 4 is 11.9 Å². The van der Waals surface area contributed by atoms with Gasteiger partial charge in [-0.3, -0.25) is 9.59 Å². The number of carboxylic acid groups (broad SMARTS) is 1. The van der Waals surface area contributed by atoms with Crippen molar-refractivity contribution in [2.24, 2.45) is 23.2 Å². The molecule has 1 aliphatic heterocycles. The van der Waals surface area contributed by atoms with Gasteiger partial charge in [0.25, 0.3) is 5.91 Å². The van der Waals surface area contributed by atoms with Crippen LogP contribution in [0, 0.1) is 29.0 Å². The summed E-state index contributed by atoms with van der Waals surface area (Å²) in [5, 5.41) is 9.16. The summed E-state index contributed by atoms with van der Waals surface area (Å²) in [5.74, 6) is 1.68. The Hall–Kier alpha value is -2.11. The predicted molar refractivity (Wildman–Crippen MR) is 116 cm³/mol. The van der Waals surface area contributed by atoms with Gasteiger partial charge in [0.05, 0.1) is 18.6 Å². The van der Waals surface area contributed by atoms with E-state index in [-0.39, 0.29) is 29.3 Å². The Kier molecular flexibility index (Phi) is 4.78. The molecule has 32 heavy (non-hydrogen) atoms. The Bertz CT molecular complexity index is 938. The third kappa shape index (κ3) is 3.50. The number of carbonyl (C=O) groups excluding carboxylic acids is 1. The molecule has 0 radical (unpaired) electrons. The Balaban J connectivity index is 1.22. The number of benzene rings is 1. The molecule has 172 valence electrons. The van der Waals surface area contributed by atoms with Gasteiger partial charge in [-0.2, -0.15) is 0 Å². The van der Waals surface area contributed by atoms with Crippen molar-refractivity contribution in [3.8, 4) is 5.75 Å². The molecule has 2 unspecified atom stereocenters. The zero-order chi connectivity index (χ0) is 22.0. The van der Waals surface area contributed by atoms with Crippen LogP contribution in [0.15, 0.2) is 12.1 Å². The van der Waals surface area contributed by atoms with Crippen LogP contribution in [0.25, 0.3) is 0 Å². The maximum Gasteiger partial charge on any atom is 0.305 e. The predicted octanol–water partition coefficient (Wildman–Crippen LogP) is 4.99. The summed E-state index contributed by atoms with van der Waals surface area (Å²) in [6.45, 7) is 1.15. The fraction of sp³-hybridized carbons (Fsp3) is 0.692. The van der Waals surface area contributed by atoms with Gasteiger partial charge in [0.15, 0.2) is 0 Å². The molecule has 0 aromatic heterocycles. The third-order valence-electron chi connectivity index (χ3n) is 8.98. The van der Waals surface area contributed by atoms with Crippen LogP contribution >= 0.6 is 0 Å². The summed E-state index contributed by atoms with van der Waals surface area (Å²) in [6, 6.07) is 2.77. The average Bonchev–Trinajstić information content (AvgIpc) is 3.35. The van der Waals surface area contributed by atoms with E-state index in [4.69, 9.17) is 9.84 Å². The minimum absolute atomic E-state index is 0.0644. The summed E-state index contributed by atoms with van der Waals surface area (Å²) < 4.78 is 21.5. The molecular weight excluding hydrogens is 409 g/mol. The first-order valence-corrected chi connectivity index (χ1v) is 12.4. The lowest BCUT2D eigenvalue weighted by Gasteiger charge is -2.38. The number of hydrogen-bond acceptors (Lipinski definition) is 3. The molecular formula is C26H32FNO4. The third-order valence-corrected chi connectivity index (χ3v) is 8.98. The topological polar surface area (TPSA) is 66.8 Å². The van der Waals surface area contributed by atoms with Crippen LogP contribution in [0.4, 0.5) is 4.39 Å². The highest BCUT2D eigenvalue weighted by molar-refractivity contribution is 5.95. The van der Waals surface area contributed by atoms with Gasteiger partial charge in [-0.25, -0.2) is 4.39 Å². The summed E-state index contributed by atoms with van der Waals surface area (Å²) in [5.41, 5.74) is 1.28.